The minimum absolute atomic E-state index is 0.0454. The Morgan fingerprint density at radius 2 is 1.98 bits per heavy atom. The molecule has 0 aliphatic heterocycles. The Hall–Kier alpha value is -1.95. The van der Waals surface area contributed by atoms with Gasteiger partial charge >= 0.3 is 0 Å². The molecular formula is C35H51NO4. The molecule has 40 heavy (non-hydrogen) atoms. The lowest BCUT2D eigenvalue weighted by Gasteiger charge is -2.47. The van der Waals surface area contributed by atoms with Crippen LogP contribution < -0.4 is 0 Å². The Kier molecular flexibility index (Phi) is 8.40. The van der Waals surface area contributed by atoms with Gasteiger partial charge in [-0.2, -0.15) is 0 Å². The van der Waals surface area contributed by atoms with Crippen LogP contribution in [0.5, 0.6) is 0 Å². The van der Waals surface area contributed by atoms with E-state index in [0.29, 0.717) is 30.6 Å². The van der Waals surface area contributed by atoms with Crippen LogP contribution in [0.1, 0.15) is 110 Å². The summed E-state index contributed by atoms with van der Waals surface area (Å²) in [5, 5.41) is 31.8. The van der Waals surface area contributed by atoms with Gasteiger partial charge in [0, 0.05) is 12.8 Å². The molecular weight excluding hydrogens is 498 g/mol. The third-order valence-corrected chi connectivity index (χ3v) is 10.9. The molecule has 0 aromatic carbocycles. The van der Waals surface area contributed by atoms with E-state index in [1.54, 1.807) is 0 Å². The molecule has 3 N–H and O–H groups in total. The normalized spacial score (nSPS) is 35.0. The summed E-state index contributed by atoms with van der Waals surface area (Å²) in [6.45, 7) is 13.4. The third kappa shape index (κ3) is 5.58. The van der Waals surface area contributed by atoms with Crippen LogP contribution in [-0.2, 0) is 11.8 Å². The van der Waals surface area contributed by atoms with Crippen molar-refractivity contribution < 1.29 is 19.7 Å². The Morgan fingerprint density at radius 1 is 1.20 bits per heavy atom. The van der Waals surface area contributed by atoms with Gasteiger partial charge < -0.3 is 19.7 Å². The molecule has 0 spiro atoms. The Labute approximate surface area is 241 Å². The molecule has 1 aromatic rings. The van der Waals surface area contributed by atoms with Crippen molar-refractivity contribution in [2.24, 2.45) is 22.7 Å². The van der Waals surface area contributed by atoms with Crippen molar-refractivity contribution in [3.8, 4) is 0 Å². The van der Waals surface area contributed by atoms with Crippen molar-refractivity contribution in [3.63, 3.8) is 0 Å². The first-order chi connectivity index (χ1) is 19.0. The Balaban J connectivity index is 1.30. The highest BCUT2D eigenvalue weighted by Gasteiger charge is 2.55. The van der Waals surface area contributed by atoms with E-state index in [2.05, 4.69) is 57.5 Å². The minimum atomic E-state index is -0.648. The number of aliphatic hydroxyl groups is 3. The van der Waals surface area contributed by atoms with Crippen LogP contribution in [-0.4, -0.2) is 38.6 Å². The lowest BCUT2D eigenvalue weighted by molar-refractivity contribution is 0.0705. The molecule has 0 bridgehead atoms. The number of aromatic nitrogens is 1. The first-order valence-corrected chi connectivity index (χ1v) is 15.8. The maximum atomic E-state index is 11.3. The molecule has 5 nitrogen and oxygen atoms in total. The topological polar surface area (TPSA) is 86.7 Å². The van der Waals surface area contributed by atoms with Gasteiger partial charge in [-0.1, -0.05) is 70.6 Å². The third-order valence-electron chi connectivity index (χ3n) is 10.9. The zero-order valence-corrected chi connectivity index (χ0v) is 25.2. The molecule has 4 aliphatic rings. The van der Waals surface area contributed by atoms with Gasteiger partial charge in [-0.25, -0.2) is 4.98 Å². The number of fused-ring (bicyclic) bond motifs is 1. The SMILES string of the molecule is C=C1/C(=C\C=C2/CCC[C@]3(C)[C@@H](C(C)(C)/C=C/[C@@H](O)C4(c5ncc(CCCC)o5)CC4)CC[C@@H]23)C[C@@H](O)C[C@@H]1O. The van der Waals surface area contributed by atoms with E-state index in [4.69, 9.17) is 4.42 Å². The van der Waals surface area contributed by atoms with Crippen molar-refractivity contribution in [2.45, 2.75) is 128 Å². The average molecular weight is 550 g/mol. The standard InChI is InChI=1S/C35H51NO4/c1-6-7-10-27-22-36-32(40-27)35(18-19-35)31(39)15-17-33(3,4)30-14-13-28-24(9-8-16-34(28,30)5)11-12-25-20-26(37)21-29(38)23(25)2/h11-12,15,17,22,26,28-31,37-39H,2,6-10,13-14,16,18-21H2,1,3-5H3/b17-15+,24-11+,25-12-/t26-,28+,29+,30-,31-,34+/m1/s1. The zero-order chi connectivity index (χ0) is 28.7. The number of nitrogens with zero attached hydrogens (tertiary/aromatic N) is 1. The number of unbranched alkanes of at least 4 members (excludes halogenated alkanes) is 1. The van der Waals surface area contributed by atoms with Crippen molar-refractivity contribution in [2.75, 3.05) is 0 Å². The highest BCUT2D eigenvalue weighted by atomic mass is 16.4. The van der Waals surface area contributed by atoms with E-state index in [1.807, 2.05) is 12.3 Å². The van der Waals surface area contributed by atoms with Crippen LogP contribution in [0.25, 0.3) is 0 Å². The minimum Gasteiger partial charge on any atom is -0.445 e. The van der Waals surface area contributed by atoms with Crippen LogP contribution in [0.3, 0.4) is 0 Å². The summed E-state index contributed by atoms with van der Waals surface area (Å²) in [6.07, 6.45) is 20.6. The maximum Gasteiger partial charge on any atom is 0.203 e. The largest absolute Gasteiger partial charge is 0.445 e. The van der Waals surface area contributed by atoms with E-state index in [9.17, 15) is 15.3 Å². The first kappa shape index (κ1) is 29.5. The van der Waals surface area contributed by atoms with Gasteiger partial charge in [-0.05, 0) is 91.6 Å². The van der Waals surface area contributed by atoms with E-state index >= 15 is 0 Å². The fourth-order valence-electron chi connectivity index (χ4n) is 8.34. The smallest absolute Gasteiger partial charge is 0.203 e. The van der Waals surface area contributed by atoms with Crippen molar-refractivity contribution >= 4 is 0 Å². The van der Waals surface area contributed by atoms with Crippen LogP contribution in [0.15, 0.2) is 58.2 Å². The summed E-state index contributed by atoms with van der Waals surface area (Å²) in [6, 6.07) is 0. The Bertz CT molecular complexity index is 1170. The first-order valence-electron chi connectivity index (χ1n) is 15.8. The molecule has 1 aromatic heterocycles. The molecule has 4 saturated carbocycles. The summed E-state index contributed by atoms with van der Waals surface area (Å²) < 4.78 is 6.10. The number of aryl methyl sites for hydroxylation is 1. The molecule has 0 radical (unpaired) electrons. The quantitative estimate of drug-likeness (QED) is 0.285. The van der Waals surface area contributed by atoms with Gasteiger partial charge in [-0.3, -0.25) is 0 Å². The highest BCUT2D eigenvalue weighted by molar-refractivity contribution is 5.39. The van der Waals surface area contributed by atoms with Crippen LogP contribution in [0, 0.1) is 22.7 Å². The fourth-order valence-corrected chi connectivity index (χ4v) is 8.34. The highest BCUT2D eigenvalue weighted by Crippen LogP contribution is 2.62. The second-order valence-electron chi connectivity index (χ2n) is 14.1. The van der Waals surface area contributed by atoms with Gasteiger partial charge in [0.05, 0.1) is 29.9 Å². The van der Waals surface area contributed by atoms with Crippen LogP contribution in [0.2, 0.25) is 0 Å². The van der Waals surface area contributed by atoms with E-state index in [0.717, 1.165) is 55.4 Å². The molecule has 220 valence electrons. The number of rotatable bonds is 9. The maximum absolute atomic E-state index is 11.3. The second-order valence-corrected chi connectivity index (χ2v) is 14.1. The van der Waals surface area contributed by atoms with Gasteiger partial charge in [0.25, 0.3) is 0 Å². The molecule has 0 unspecified atom stereocenters. The van der Waals surface area contributed by atoms with Gasteiger partial charge in [0.2, 0.25) is 5.89 Å². The van der Waals surface area contributed by atoms with Gasteiger partial charge in [0.15, 0.2) is 0 Å². The monoisotopic (exact) mass is 549 g/mol. The average Bonchev–Trinajstić information content (AvgIpc) is 3.43. The van der Waals surface area contributed by atoms with E-state index < -0.39 is 18.3 Å². The molecule has 4 aliphatic carbocycles. The summed E-state index contributed by atoms with van der Waals surface area (Å²) in [5.74, 6) is 2.70. The molecule has 0 saturated heterocycles. The summed E-state index contributed by atoms with van der Waals surface area (Å²) in [5.41, 5.74) is 3.04. The van der Waals surface area contributed by atoms with Crippen molar-refractivity contribution in [3.05, 3.63) is 65.5 Å². The number of hydrogen-bond acceptors (Lipinski definition) is 5. The van der Waals surface area contributed by atoms with Gasteiger partial charge in [-0.15, -0.1) is 0 Å². The lowest BCUT2D eigenvalue weighted by Crippen LogP contribution is -2.39. The van der Waals surface area contributed by atoms with Gasteiger partial charge in [0.1, 0.15) is 5.76 Å². The number of aliphatic hydroxyl groups excluding tert-OH is 3. The number of oxazole rings is 1. The predicted octanol–water partition coefficient (Wildman–Crippen LogP) is 7.13. The van der Waals surface area contributed by atoms with E-state index in [-0.39, 0.29) is 16.2 Å². The van der Waals surface area contributed by atoms with Crippen LogP contribution >= 0.6 is 0 Å². The van der Waals surface area contributed by atoms with Crippen molar-refractivity contribution in [1.29, 1.82) is 0 Å². The second kappa shape index (κ2) is 11.4. The molecule has 4 fully saturated rings. The summed E-state index contributed by atoms with van der Waals surface area (Å²) >= 11 is 0. The number of allylic oxidation sites excluding steroid dienone is 4. The van der Waals surface area contributed by atoms with Crippen molar-refractivity contribution in [1.82, 2.24) is 4.98 Å². The Morgan fingerprint density at radius 3 is 2.70 bits per heavy atom. The molecule has 5 heteroatoms. The molecule has 0 amide bonds. The zero-order valence-electron chi connectivity index (χ0n) is 25.2. The number of hydrogen-bond donors (Lipinski definition) is 3. The molecule has 1 heterocycles. The summed E-state index contributed by atoms with van der Waals surface area (Å²) in [7, 11) is 0. The van der Waals surface area contributed by atoms with E-state index in [1.165, 1.54) is 31.3 Å². The molecule has 5 rings (SSSR count). The summed E-state index contributed by atoms with van der Waals surface area (Å²) in [4.78, 5) is 4.58. The van der Waals surface area contributed by atoms with Crippen LogP contribution in [0.4, 0.5) is 0 Å². The lowest BCUT2D eigenvalue weighted by atomic mass is 9.57. The fraction of sp³-hybridized carbons (Fsp3) is 0.686. The molecule has 6 atom stereocenters. The predicted molar refractivity (Wildman–Crippen MR) is 160 cm³/mol.